The summed E-state index contributed by atoms with van der Waals surface area (Å²) in [6.07, 6.45) is 9.99. The maximum Gasteiger partial charge on any atom is 0.237 e. The van der Waals surface area contributed by atoms with E-state index in [0.717, 1.165) is 23.4 Å². The van der Waals surface area contributed by atoms with Crippen LogP contribution in [0.3, 0.4) is 0 Å². The Bertz CT molecular complexity index is 809. The van der Waals surface area contributed by atoms with Gasteiger partial charge in [-0.2, -0.15) is 4.58 Å². The van der Waals surface area contributed by atoms with Gasteiger partial charge >= 0.3 is 0 Å². The van der Waals surface area contributed by atoms with Crippen molar-refractivity contribution >= 4 is 31.4 Å². The van der Waals surface area contributed by atoms with Crippen LogP contribution in [0.25, 0.3) is 6.08 Å². The van der Waals surface area contributed by atoms with Crippen LogP contribution < -0.4 is 0 Å². The zero-order valence-corrected chi connectivity index (χ0v) is 11.5. The van der Waals surface area contributed by atoms with Crippen LogP contribution in [0, 0.1) is 17.8 Å². The molecule has 3 heterocycles. The lowest BCUT2D eigenvalue weighted by atomic mass is 10.1. The van der Waals surface area contributed by atoms with Crippen LogP contribution in [-0.4, -0.2) is 29.2 Å². The molecular formula is C17H13N4+. The molecule has 0 aromatic carbocycles. The molecule has 21 heavy (non-hydrogen) atoms. The molecule has 0 saturated carbocycles. The van der Waals surface area contributed by atoms with Gasteiger partial charge in [0.05, 0.1) is 5.92 Å². The number of nitrogens with zero attached hydrogens (tertiary/aromatic N) is 4. The molecule has 2 aliphatic rings. The lowest BCUT2D eigenvalue weighted by Gasteiger charge is -1.97. The van der Waals surface area contributed by atoms with Crippen molar-refractivity contribution in [3.8, 4) is 11.8 Å². The number of fused-ring (bicyclic) bond motifs is 1. The lowest BCUT2D eigenvalue weighted by Crippen LogP contribution is -1.93. The van der Waals surface area contributed by atoms with Crippen molar-refractivity contribution < 1.29 is 4.58 Å². The van der Waals surface area contributed by atoms with Crippen molar-refractivity contribution in [1.82, 2.24) is 4.98 Å². The predicted molar refractivity (Wildman–Crippen MR) is 84.9 cm³/mol. The molecule has 1 aromatic heterocycles. The van der Waals surface area contributed by atoms with Crippen molar-refractivity contribution in [2.45, 2.75) is 6.42 Å². The second-order valence-electron chi connectivity index (χ2n) is 4.63. The molecule has 0 amide bonds. The first-order valence-corrected chi connectivity index (χ1v) is 6.52. The Balaban J connectivity index is 1.85. The number of rotatable bonds is 1. The summed E-state index contributed by atoms with van der Waals surface area (Å²) in [4.78, 5) is 12.2. The van der Waals surface area contributed by atoms with Gasteiger partial charge in [-0.05, 0) is 12.8 Å². The Morgan fingerprint density at radius 2 is 2.38 bits per heavy atom. The molecule has 0 N–H and O–H groups in total. The third kappa shape index (κ3) is 2.79. The van der Waals surface area contributed by atoms with Crippen molar-refractivity contribution in [2.24, 2.45) is 15.9 Å². The average Bonchev–Trinajstić information content (AvgIpc) is 2.74. The highest BCUT2D eigenvalue weighted by Crippen LogP contribution is 2.24. The minimum atomic E-state index is 0.0650. The summed E-state index contributed by atoms with van der Waals surface area (Å²) in [6, 6.07) is 1.99. The maximum absolute atomic E-state index is 4.37. The second-order valence-corrected chi connectivity index (χ2v) is 4.63. The highest BCUT2D eigenvalue weighted by Gasteiger charge is 2.17. The Kier molecular flexibility index (Phi) is 3.42. The van der Waals surface area contributed by atoms with Crippen molar-refractivity contribution in [2.75, 3.05) is 0 Å². The highest BCUT2D eigenvalue weighted by molar-refractivity contribution is 5.64. The largest absolute Gasteiger partial charge is 0.248 e. The number of pyridine rings is 1. The van der Waals surface area contributed by atoms with E-state index in [0.29, 0.717) is 5.82 Å². The van der Waals surface area contributed by atoms with E-state index in [2.05, 4.69) is 46.0 Å². The molecular weight excluding hydrogens is 260 g/mol. The van der Waals surface area contributed by atoms with Crippen molar-refractivity contribution in [1.29, 1.82) is 0 Å². The number of aromatic nitrogens is 1. The number of aliphatic imine (C=N–C) groups is 2. The highest BCUT2D eigenvalue weighted by atomic mass is 15.0. The summed E-state index contributed by atoms with van der Waals surface area (Å²) in [6.45, 7) is 7.35. The lowest BCUT2D eigenvalue weighted by molar-refractivity contribution is -0.344. The number of hydrogen-bond acceptors (Lipinski definition) is 3. The minimum absolute atomic E-state index is 0.0650. The summed E-state index contributed by atoms with van der Waals surface area (Å²) in [5.74, 6) is 6.90. The van der Waals surface area contributed by atoms with Crippen LogP contribution in [0.1, 0.15) is 17.7 Å². The molecule has 1 unspecified atom stereocenters. The van der Waals surface area contributed by atoms with Crippen LogP contribution in [0.15, 0.2) is 46.1 Å². The monoisotopic (exact) mass is 273 g/mol. The Labute approximate surface area is 123 Å². The van der Waals surface area contributed by atoms with E-state index in [1.165, 1.54) is 0 Å². The molecule has 0 radical (unpaired) electrons. The Hall–Kier alpha value is -3.02. The molecule has 100 valence electrons. The summed E-state index contributed by atoms with van der Waals surface area (Å²) in [7, 11) is 0. The molecule has 0 bridgehead atoms. The van der Waals surface area contributed by atoms with Crippen molar-refractivity contribution in [3.05, 3.63) is 47.3 Å². The van der Waals surface area contributed by atoms with Gasteiger partial charge in [0.2, 0.25) is 5.69 Å². The Morgan fingerprint density at radius 1 is 1.48 bits per heavy atom. The van der Waals surface area contributed by atoms with Gasteiger partial charge in [-0.3, -0.25) is 0 Å². The molecule has 3 rings (SSSR count). The summed E-state index contributed by atoms with van der Waals surface area (Å²) in [5, 5.41) is 0. The first kappa shape index (κ1) is 13.0. The molecule has 2 aliphatic heterocycles. The zero-order valence-electron chi connectivity index (χ0n) is 11.5. The van der Waals surface area contributed by atoms with Crippen LogP contribution >= 0.6 is 0 Å². The second kappa shape index (κ2) is 5.54. The first-order valence-electron chi connectivity index (χ1n) is 6.52. The van der Waals surface area contributed by atoms with E-state index < -0.39 is 0 Å². The zero-order chi connectivity index (χ0) is 14.7. The minimum Gasteiger partial charge on any atom is -0.248 e. The molecule has 1 aromatic rings. The predicted octanol–water partition coefficient (Wildman–Crippen LogP) is 2.55. The van der Waals surface area contributed by atoms with Crippen LogP contribution in [0.2, 0.25) is 0 Å². The summed E-state index contributed by atoms with van der Waals surface area (Å²) < 4.78 is 1.79. The van der Waals surface area contributed by atoms with Gasteiger partial charge in [0.25, 0.3) is 0 Å². The van der Waals surface area contributed by atoms with Gasteiger partial charge in [-0.25, -0.2) is 15.0 Å². The molecule has 0 spiro atoms. The average molecular weight is 273 g/mol. The van der Waals surface area contributed by atoms with Gasteiger partial charge < -0.3 is 0 Å². The van der Waals surface area contributed by atoms with Gasteiger partial charge in [0, 0.05) is 36.5 Å². The number of allylic oxidation sites excluding steroid dienone is 1. The topological polar surface area (TPSA) is 40.6 Å². The molecule has 0 aliphatic carbocycles. The maximum atomic E-state index is 4.37. The van der Waals surface area contributed by atoms with Gasteiger partial charge in [-0.1, -0.05) is 17.6 Å². The molecule has 4 nitrogen and oxygen atoms in total. The van der Waals surface area contributed by atoms with E-state index in [1.807, 2.05) is 24.4 Å². The molecule has 4 heteroatoms. The molecule has 0 saturated heterocycles. The van der Waals surface area contributed by atoms with Crippen molar-refractivity contribution in [3.63, 3.8) is 0 Å². The normalized spacial score (nSPS) is 18.6. The molecule has 1 atom stereocenters. The third-order valence-electron chi connectivity index (χ3n) is 3.16. The number of hydrogen-bond donors (Lipinski definition) is 0. The van der Waals surface area contributed by atoms with Crippen LogP contribution in [0.4, 0.5) is 5.69 Å². The Morgan fingerprint density at radius 3 is 3.24 bits per heavy atom. The van der Waals surface area contributed by atoms with E-state index in [-0.39, 0.29) is 5.92 Å². The summed E-state index contributed by atoms with van der Waals surface area (Å²) in [5.41, 5.74) is 5.74. The summed E-state index contributed by atoms with van der Waals surface area (Å²) >= 11 is 0. The van der Waals surface area contributed by atoms with Gasteiger partial charge in [0.1, 0.15) is 12.4 Å². The third-order valence-corrected chi connectivity index (χ3v) is 3.16. The SMILES string of the molecule is C=NC1=C=CC(C#Cc2cnc3c(c2)[N+](=C)C=C3)CC=N1. The van der Waals surface area contributed by atoms with E-state index >= 15 is 0 Å². The van der Waals surface area contributed by atoms with E-state index in [4.69, 9.17) is 0 Å². The van der Waals surface area contributed by atoms with Gasteiger partial charge in [0.15, 0.2) is 12.0 Å². The van der Waals surface area contributed by atoms with Crippen LogP contribution in [-0.2, 0) is 0 Å². The standard InChI is InChI=1S/C17H13N4/c1-18-17-6-5-13(7-9-19-17)3-4-14-11-16-15(20-12-14)8-10-21(16)2/h5,8-13H,1-2,7H2/q+1. The first-order chi connectivity index (χ1) is 10.3. The fraction of sp³-hybridized carbons (Fsp3) is 0.118. The van der Waals surface area contributed by atoms with E-state index in [9.17, 15) is 0 Å². The fourth-order valence-electron chi connectivity index (χ4n) is 2.03. The quantitative estimate of drug-likeness (QED) is 0.335. The fourth-order valence-corrected chi connectivity index (χ4v) is 2.03. The smallest absolute Gasteiger partial charge is 0.237 e. The van der Waals surface area contributed by atoms with Crippen LogP contribution in [0.5, 0.6) is 0 Å². The van der Waals surface area contributed by atoms with E-state index in [1.54, 1.807) is 17.0 Å². The molecule has 0 fully saturated rings. The van der Waals surface area contributed by atoms with Gasteiger partial charge in [-0.15, -0.1) is 0 Å².